The van der Waals surface area contributed by atoms with E-state index in [-0.39, 0.29) is 12.5 Å². The van der Waals surface area contributed by atoms with Crippen LogP contribution in [0.3, 0.4) is 0 Å². The van der Waals surface area contributed by atoms with Gasteiger partial charge < -0.3 is 4.74 Å². The molecule has 6 nitrogen and oxygen atoms in total. The maximum absolute atomic E-state index is 13.3. The minimum Gasteiger partial charge on any atom is -0.449 e. The maximum atomic E-state index is 13.3. The largest absolute Gasteiger partial charge is 0.449 e. The number of nitrogens with one attached hydrogen (secondary N) is 1. The molecule has 94 valence electrons. The molecule has 1 aromatic heterocycles. The molecule has 1 aromatic rings. The van der Waals surface area contributed by atoms with E-state index >= 15 is 0 Å². The van der Waals surface area contributed by atoms with E-state index in [0.29, 0.717) is 0 Å². The number of aryl methyl sites for hydroxylation is 1. The molecular formula is C10H14FN3O3. The van der Waals surface area contributed by atoms with Crippen LogP contribution in [0.1, 0.15) is 13.8 Å². The number of rotatable bonds is 3. The quantitative estimate of drug-likeness (QED) is 0.863. The van der Waals surface area contributed by atoms with Gasteiger partial charge in [0.1, 0.15) is 0 Å². The van der Waals surface area contributed by atoms with Gasteiger partial charge in [0.25, 0.3) is 0 Å². The van der Waals surface area contributed by atoms with E-state index in [9.17, 15) is 14.0 Å². The van der Waals surface area contributed by atoms with Crippen molar-refractivity contribution in [3.8, 4) is 0 Å². The molecule has 0 aromatic carbocycles. The molecule has 0 bridgehead atoms. The third-order valence-corrected chi connectivity index (χ3v) is 1.81. The lowest BCUT2D eigenvalue weighted by atomic mass is 10.2. The van der Waals surface area contributed by atoms with E-state index in [4.69, 9.17) is 4.74 Å². The number of amides is 1. The van der Waals surface area contributed by atoms with Crippen LogP contribution in [-0.2, 0) is 11.8 Å². The van der Waals surface area contributed by atoms with Crippen molar-refractivity contribution < 1.29 is 13.9 Å². The summed E-state index contributed by atoms with van der Waals surface area (Å²) in [5, 5.41) is 2.07. The first-order valence-corrected chi connectivity index (χ1v) is 5.07. The van der Waals surface area contributed by atoms with Gasteiger partial charge >= 0.3 is 11.8 Å². The lowest BCUT2D eigenvalue weighted by molar-refractivity contribution is 0.147. The Balaban J connectivity index is 2.72. The fourth-order valence-corrected chi connectivity index (χ4v) is 0.977. The van der Waals surface area contributed by atoms with Crippen molar-refractivity contribution in [1.29, 1.82) is 0 Å². The summed E-state index contributed by atoms with van der Waals surface area (Å²) in [6, 6.07) is 0. The monoisotopic (exact) mass is 243 g/mol. The highest BCUT2D eigenvalue weighted by Gasteiger charge is 2.11. The molecule has 7 heteroatoms. The van der Waals surface area contributed by atoms with E-state index in [2.05, 4.69) is 10.3 Å². The van der Waals surface area contributed by atoms with Gasteiger partial charge in [-0.15, -0.1) is 0 Å². The Kier molecular flexibility index (Phi) is 4.19. The van der Waals surface area contributed by atoms with E-state index in [1.807, 2.05) is 13.8 Å². The van der Waals surface area contributed by atoms with Crippen LogP contribution in [0.25, 0.3) is 0 Å². The van der Waals surface area contributed by atoms with Crippen molar-refractivity contribution in [1.82, 2.24) is 9.55 Å². The van der Waals surface area contributed by atoms with Crippen molar-refractivity contribution >= 4 is 11.9 Å². The van der Waals surface area contributed by atoms with Crippen LogP contribution in [0.2, 0.25) is 0 Å². The molecular weight excluding hydrogens is 229 g/mol. The van der Waals surface area contributed by atoms with Gasteiger partial charge in [-0.1, -0.05) is 13.8 Å². The van der Waals surface area contributed by atoms with Gasteiger partial charge in [0.15, 0.2) is 11.6 Å². The summed E-state index contributed by atoms with van der Waals surface area (Å²) in [6.07, 6.45) is 0.103. The number of hydrogen-bond donors (Lipinski definition) is 1. The summed E-state index contributed by atoms with van der Waals surface area (Å²) in [5.74, 6) is -1.06. The van der Waals surface area contributed by atoms with Crippen molar-refractivity contribution in [2.24, 2.45) is 13.0 Å². The second-order valence-corrected chi connectivity index (χ2v) is 3.95. The summed E-state index contributed by atoms with van der Waals surface area (Å²) in [7, 11) is 1.36. The van der Waals surface area contributed by atoms with Crippen LogP contribution in [0.5, 0.6) is 0 Å². The molecule has 0 aliphatic rings. The molecule has 0 atom stereocenters. The van der Waals surface area contributed by atoms with Gasteiger partial charge in [-0.3, -0.25) is 9.88 Å². The Labute approximate surface area is 97.4 Å². The summed E-state index contributed by atoms with van der Waals surface area (Å²) in [5.41, 5.74) is -0.662. The zero-order valence-corrected chi connectivity index (χ0v) is 9.86. The number of anilines is 1. The second kappa shape index (κ2) is 5.42. The SMILES string of the molecule is CC(C)COC(=O)Nc1nc(=O)n(C)cc1F. The number of carbonyl (C=O) groups excluding carboxylic acids is 1. The summed E-state index contributed by atoms with van der Waals surface area (Å²) >= 11 is 0. The summed E-state index contributed by atoms with van der Waals surface area (Å²) in [4.78, 5) is 25.7. The molecule has 1 heterocycles. The zero-order chi connectivity index (χ0) is 13.0. The van der Waals surface area contributed by atoms with Crippen molar-refractivity contribution in [3.63, 3.8) is 0 Å². The number of hydrogen-bond acceptors (Lipinski definition) is 4. The van der Waals surface area contributed by atoms with Crippen LogP contribution in [-0.4, -0.2) is 22.3 Å². The number of carbonyl (C=O) groups is 1. The molecule has 0 fully saturated rings. The average Bonchev–Trinajstić information content (AvgIpc) is 2.23. The van der Waals surface area contributed by atoms with Crippen molar-refractivity contribution in [3.05, 3.63) is 22.5 Å². The first-order chi connectivity index (χ1) is 7.90. The fraction of sp³-hybridized carbons (Fsp3) is 0.500. The van der Waals surface area contributed by atoms with Gasteiger partial charge in [-0.25, -0.2) is 14.0 Å². The van der Waals surface area contributed by atoms with Crippen LogP contribution in [0, 0.1) is 11.7 Å². The molecule has 1 rings (SSSR count). The van der Waals surface area contributed by atoms with Gasteiger partial charge in [0, 0.05) is 13.2 Å². The minimum absolute atomic E-state index is 0.169. The highest BCUT2D eigenvalue weighted by molar-refractivity contribution is 5.83. The van der Waals surface area contributed by atoms with E-state index in [1.165, 1.54) is 7.05 Å². The molecule has 0 unspecified atom stereocenters. The minimum atomic E-state index is -0.835. The third kappa shape index (κ3) is 3.86. The Morgan fingerprint density at radius 1 is 1.65 bits per heavy atom. The number of aromatic nitrogens is 2. The maximum Gasteiger partial charge on any atom is 0.412 e. The highest BCUT2D eigenvalue weighted by atomic mass is 19.1. The van der Waals surface area contributed by atoms with Crippen molar-refractivity contribution in [2.45, 2.75) is 13.8 Å². The first kappa shape index (κ1) is 13.1. The normalized spacial score (nSPS) is 10.4. The molecule has 0 spiro atoms. The number of ether oxygens (including phenoxy) is 1. The highest BCUT2D eigenvalue weighted by Crippen LogP contribution is 2.06. The predicted molar refractivity (Wildman–Crippen MR) is 59.2 cm³/mol. The smallest absolute Gasteiger partial charge is 0.412 e. The Morgan fingerprint density at radius 3 is 2.88 bits per heavy atom. The molecule has 0 aliphatic heterocycles. The van der Waals surface area contributed by atoms with E-state index in [1.54, 1.807) is 0 Å². The zero-order valence-electron chi connectivity index (χ0n) is 9.86. The number of halogens is 1. The number of nitrogens with zero attached hydrogens (tertiary/aromatic N) is 2. The molecule has 1 amide bonds. The van der Waals surface area contributed by atoms with Gasteiger partial charge in [0.2, 0.25) is 0 Å². The summed E-state index contributed by atoms with van der Waals surface area (Å²) < 4.78 is 19.0. The van der Waals surface area contributed by atoms with Crippen LogP contribution >= 0.6 is 0 Å². The second-order valence-electron chi connectivity index (χ2n) is 3.95. The van der Waals surface area contributed by atoms with Gasteiger partial charge in [0.05, 0.1) is 6.61 Å². The Morgan fingerprint density at radius 2 is 2.29 bits per heavy atom. The van der Waals surface area contributed by atoms with Gasteiger partial charge in [-0.05, 0) is 5.92 Å². The molecule has 0 radical (unpaired) electrons. The third-order valence-electron chi connectivity index (χ3n) is 1.81. The molecule has 17 heavy (non-hydrogen) atoms. The van der Waals surface area contributed by atoms with E-state index < -0.39 is 23.4 Å². The molecule has 0 saturated carbocycles. The lowest BCUT2D eigenvalue weighted by Gasteiger charge is -2.08. The Bertz CT molecular complexity index is 470. The predicted octanol–water partition coefficient (Wildman–Crippen LogP) is 1.12. The fourth-order valence-electron chi connectivity index (χ4n) is 0.977. The van der Waals surface area contributed by atoms with Crippen LogP contribution in [0.4, 0.5) is 15.0 Å². The molecule has 1 N–H and O–H groups in total. The van der Waals surface area contributed by atoms with Crippen LogP contribution in [0.15, 0.2) is 11.0 Å². The average molecular weight is 243 g/mol. The van der Waals surface area contributed by atoms with Gasteiger partial charge in [-0.2, -0.15) is 4.98 Å². The Hall–Kier alpha value is -1.92. The summed E-state index contributed by atoms with van der Waals surface area (Å²) in [6.45, 7) is 3.94. The molecule has 0 aliphatic carbocycles. The lowest BCUT2D eigenvalue weighted by Crippen LogP contribution is -2.25. The first-order valence-electron chi connectivity index (χ1n) is 5.07. The topological polar surface area (TPSA) is 73.2 Å². The molecule has 0 saturated heterocycles. The standard InChI is InChI=1S/C10H14FN3O3/c1-6(2)5-17-10(16)13-8-7(11)4-14(3)9(15)12-8/h4,6H,5H2,1-3H3,(H,12,13,15,16). The van der Waals surface area contributed by atoms with E-state index in [0.717, 1.165) is 10.8 Å². The van der Waals surface area contributed by atoms with Crippen LogP contribution < -0.4 is 11.0 Å². The van der Waals surface area contributed by atoms with Crippen molar-refractivity contribution in [2.75, 3.05) is 11.9 Å².